The lowest BCUT2D eigenvalue weighted by molar-refractivity contribution is -0.0390. The Kier molecular flexibility index (Phi) is 7.25. The second-order valence-electron chi connectivity index (χ2n) is 6.59. The van der Waals surface area contributed by atoms with Crippen LogP contribution in [0.4, 0.5) is 0 Å². The molecule has 0 heterocycles. The number of hydrogen-bond donors (Lipinski definition) is 1. The van der Waals surface area contributed by atoms with E-state index in [4.69, 9.17) is 4.74 Å². The Morgan fingerprint density at radius 1 is 1.22 bits per heavy atom. The number of nitrogens with one attached hydrogen (secondary N) is 1. The molecular weight excluding hydrogens is 222 g/mol. The highest BCUT2D eigenvalue weighted by molar-refractivity contribution is 4.88. The van der Waals surface area contributed by atoms with Crippen molar-refractivity contribution in [2.75, 3.05) is 13.2 Å². The molecule has 0 spiro atoms. The molecule has 4 unspecified atom stereocenters. The van der Waals surface area contributed by atoms with Gasteiger partial charge in [0.05, 0.1) is 6.10 Å². The molecule has 108 valence electrons. The molecule has 18 heavy (non-hydrogen) atoms. The highest BCUT2D eigenvalue weighted by Crippen LogP contribution is 2.31. The zero-order chi connectivity index (χ0) is 13.5. The summed E-state index contributed by atoms with van der Waals surface area (Å²) in [7, 11) is 0. The molecule has 1 aliphatic rings. The summed E-state index contributed by atoms with van der Waals surface area (Å²) < 4.78 is 6.20. The van der Waals surface area contributed by atoms with E-state index in [9.17, 15) is 0 Å². The first-order valence-corrected chi connectivity index (χ1v) is 7.89. The van der Waals surface area contributed by atoms with Crippen LogP contribution >= 0.6 is 0 Å². The Morgan fingerprint density at radius 3 is 2.56 bits per heavy atom. The average molecular weight is 255 g/mol. The number of likely N-dealkylation sites (N-methyl/N-ethyl adjacent to an activating group) is 1. The van der Waals surface area contributed by atoms with Crippen molar-refractivity contribution in [2.24, 2.45) is 17.8 Å². The van der Waals surface area contributed by atoms with Gasteiger partial charge in [-0.2, -0.15) is 0 Å². The van der Waals surface area contributed by atoms with E-state index in [1.165, 1.54) is 25.7 Å². The molecule has 0 amide bonds. The first-order chi connectivity index (χ1) is 8.54. The highest BCUT2D eigenvalue weighted by atomic mass is 16.5. The maximum atomic E-state index is 6.20. The Hall–Kier alpha value is -0.0800. The first kappa shape index (κ1) is 16.0. The Labute approximate surface area is 114 Å². The Balaban J connectivity index is 2.38. The molecule has 1 N–H and O–H groups in total. The minimum Gasteiger partial charge on any atom is -0.376 e. The lowest BCUT2D eigenvalue weighted by atomic mass is 9.78. The van der Waals surface area contributed by atoms with E-state index in [1.54, 1.807) is 0 Å². The molecule has 0 aliphatic heterocycles. The van der Waals surface area contributed by atoms with Crippen LogP contribution in [0.15, 0.2) is 0 Å². The molecule has 0 radical (unpaired) electrons. The van der Waals surface area contributed by atoms with Crippen LogP contribution in [0.3, 0.4) is 0 Å². The minimum absolute atomic E-state index is 0.424. The summed E-state index contributed by atoms with van der Waals surface area (Å²) in [4.78, 5) is 0. The summed E-state index contributed by atoms with van der Waals surface area (Å²) in [5.74, 6) is 2.32. The third-order valence-electron chi connectivity index (χ3n) is 4.09. The molecular formula is C16H33NO. The van der Waals surface area contributed by atoms with Crippen LogP contribution in [0, 0.1) is 17.8 Å². The average Bonchev–Trinajstić information content (AvgIpc) is 2.26. The van der Waals surface area contributed by atoms with Crippen molar-refractivity contribution in [2.45, 2.75) is 72.4 Å². The van der Waals surface area contributed by atoms with Crippen molar-refractivity contribution in [1.29, 1.82) is 0 Å². The molecule has 2 heteroatoms. The largest absolute Gasteiger partial charge is 0.376 e. The van der Waals surface area contributed by atoms with Crippen LogP contribution < -0.4 is 5.32 Å². The molecule has 4 atom stereocenters. The normalized spacial score (nSPS) is 33.0. The minimum atomic E-state index is 0.424. The van der Waals surface area contributed by atoms with Crippen LogP contribution in [-0.2, 0) is 4.74 Å². The summed E-state index contributed by atoms with van der Waals surface area (Å²) in [6, 6.07) is 0.563. The molecule has 0 bridgehead atoms. The fraction of sp³-hybridized carbons (Fsp3) is 1.00. The number of hydrogen-bond acceptors (Lipinski definition) is 2. The van der Waals surface area contributed by atoms with Crippen LogP contribution in [0.5, 0.6) is 0 Å². The van der Waals surface area contributed by atoms with E-state index in [0.29, 0.717) is 18.1 Å². The van der Waals surface area contributed by atoms with Crippen molar-refractivity contribution in [1.82, 2.24) is 5.32 Å². The van der Waals surface area contributed by atoms with Crippen LogP contribution in [0.1, 0.15) is 60.3 Å². The van der Waals surface area contributed by atoms with Crippen LogP contribution in [-0.4, -0.2) is 25.3 Å². The lowest BCUT2D eigenvalue weighted by Gasteiger charge is -2.40. The van der Waals surface area contributed by atoms with Gasteiger partial charge in [0.1, 0.15) is 0 Å². The van der Waals surface area contributed by atoms with Gasteiger partial charge in [-0.25, -0.2) is 0 Å². The monoisotopic (exact) mass is 255 g/mol. The van der Waals surface area contributed by atoms with E-state index in [-0.39, 0.29) is 0 Å². The molecule has 1 aliphatic carbocycles. The predicted molar refractivity (Wildman–Crippen MR) is 78.8 cm³/mol. The van der Waals surface area contributed by atoms with E-state index in [1.807, 2.05) is 0 Å². The molecule has 0 saturated heterocycles. The zero-order valence-electron chi connectivity index (χ0n) is 13.0. The molecule has 0 aromatic heterocycles. The van der Waals surface area contributed by atoms with Gasteiger partial charge in [-0.1, -0.05) is 34.6 Å². The van der Waals surface area contributed by atoms with Crippen molar-refractivity contribution >= 4 is 0 Å². The lowest BCUT2D eigenvalue weighted by Crippen LogP contribution is -2.49. The predicted octanol–water partition coefficient (Wildman–Crippen LogP) is 3.85. The van der Waals surface area contributed by atoms with E-state index >= 15 is 0 Å². The van der Waals surface area contributed by atoms with Gasteiger partial charge in [-0.3, -0.25) is 0 Å². The second-order valence-corrected chi connectivity index (χ2v) is 6.59. The van der Waals surface area contributed by atoms with Gasteiger partial charge < -0.3 is 10.1 Å². The SMILES string of the molecule is CCNC1CC(C)CC(C)C1OCCCC(C)C. The topological polar surface area (TPSA) is 21.3 Å². The fourth-order valence-electron chi connectivity index (χ4n) is 3.28. The summed E-state index contributed by atoms with van der Waals surface area (Å²) in [6.45, 7) is 13.5. The van der Waals surface area contributed by atoms with Crippen molar-refractivity contribution in [3.05, 3.63) is 0 Å². The Bertz CT molecular complexity index is 217. The first-order valence-electron chi connectivity index (χ1n) is 7.89. The van der Waals surface area contributed by atoms with Gasteiger partial charge in [0.2, 0.25) is 0 Å². The summed E-state index contributed by atoms with van der Waals surface area (Å²) in [5.41, 5.74) is 0. The maximum absolute atomic E-state index is 6.20. The number of ether oxygens (including phenoxy) is 1. The smallest absolute Gasteiger partial charge is 0.0753 e. The van der Waals surface area contributed by atoms with Gasteiger partial charge in [0, 0.05) is 12.6 Å². The van der Waals surface area contributed by atoms with Gasteiger partial charge in [-0.05, 0) is 50.0 Å². The van der Waals surface area contributed by atoms with Gasteiger partial charge in [-0.15, -0.1) is 0 Å². The van der Waals surface area contributed by atoms with Crippen molar-refractivity contribution in [3.63, 3.8) is 0 Å². The molecule has 0 aromatic rings. The van der Waals surface area contributed by atoms with Crippen molar-refractivity contribution in [3.8, 4) is 0 Å². The highest BCUT2D eigenvalue weighted by Gasteiger charge is 2.33. The summed E-state index contributed by atoms with van der Waals surface area (Å²) >= 11 is 0. The van der Waals surface area contributed by atoms with E-state index in [2.05, 4.69) is 39.9 Å². The molecule has 0 aromatic carbocycles. The molecule has 1 rings (SSSR count). The van der Waals surface area contributed by atoms with E-state index in [0.717, 1.165) is 25.0 Å². The third-order valence-corrected chi connectivity index (χ3v) is 4.09. The van der Waals surface area contributed by atoms with Crippen LogP contribution in [0.2, 0.25) is 0 Å². The van der Waals surface area contributed by atoms with E-state index < -0.39 is 0 Å². The molecule has 1 fully saturated rings. The fourth-order valence-corrected chi connectivity index (χ4v) is 3.28. The van der Waals surface area contributed by atoms with Gasteiger partial charge in [0.15, 0.2) is 0 Å². The number of rotatable bonds is 7. The molecule has 2 nitrogen and oxygen atoms in total. The van der Waals surface area contributed by atoms with Gasteiger partial charge in [0.25, 0.3) is 0 Å². The standard InChI is InChI=1S/C16H33NO/c1-6-17-15-11-13(4)10-14(5)16(15)18-9-7-8-12(2)3/h12-17H,6-11H2,1-5H3. The second kappa shape index (κ2) is 8.16. The Morgan fingerprint density at radius 2 is 1.94 bits per heavy atom. The maximum Gasteiger partial charge on any atom is 0.0753 e. The quantitative estimate of drug-likeness (QED) is 0.698. The summed E-state index contributed by atoms with van der Waals surface area (Å²) in [6.07, 6.45) is 5.50. The summed E-state index contributed by atoms with van der Waals surface area (Å²) in [5, 5.41) is 3.62. The zero-order valence-corrected chi connectivity index (χ0v) is 13.0. The van der Waals surface area contributed by atoms with Crippen LogP contribution in [0.25, 0.3) is 0 Å². The van der Waals surface area contributed by atoms with Gasteiger partial charge >= 0.3 is 0 Å². The van der Waals surface area contributed by atoms with Crippen molar-refractivity contribution < 1.29 is 4.74 Å². The third kappa shape index (κ3) is 5.27. The molecule has 1 saturated carbocycles.